The normalized spacial score (nSPS) is 10.1. The number of halogens is 1. The first-order chi connectivity index (χ1) is 9.54. The molecule has 2 rings (SSSR count). The Morgan fingerprint density at radius 2 is 1.80 bits per heavy atom. The van der Waals surface area contributed by atoms with Crippen LogP contribution in [-0.2, 0) is 11.2 Å². The van der Waals surface area contributed by atoms with Gasteiger partial charge in [-0.15, -0.1) is 0 Å². The van der Waals surface area contributed by atoms with E-state index in [0.717, 1.165) is 3.57 Å². The molecule has 20 heavy (non-hydrogen) atoms. The topological polar surface area (TPSA) is 66.4 Å². The zero-order chi connectivity index (χ0) is 14.5. The predicted octanol–water partition coefficient (Wildman–Crippen LogP) is 3.17. The van der Waals surface area contributed by atoms with Gasteiger partial charge in [0.25, 0.3) is 5.91 Å². The van der Waals surface area contributed by atoms with Gasteiger partial charge in [0, 0.05) is 14.8 Å². The van der Waals surface area contributed by atoms with Crippen LogP contribution in [0, 0.1) is 3.57 Å². The molecule has 0 aliphatic rings. The summed E-state index contributed by atoms with van der Waals surface area (Å²) in [6, 6.07) is 14.0. The first-order valence-electron chi connectivity index (χ1n) is 5.92. The molecule has 0 heterocycles. The Morgan fingerprint density at radius 1 is 1.10 bits per heavy atom. The quantitative estimate of drug-likeness (QED) is 0.800. The number of nitrogens with one attached hydrogen (secondary N) is 1. The van der Waals surface area contributed by atoms with E-state index in [4.69, 9.17) is 5.11 Å². The Hall–Kier alpha value is -1.89. The maximum atomic E-state index is 12.0. The lowest BCUT2D eigenvalue weighted by Gasteiger charge is -2.07. The Labute approximate surface area is 130 Å². The van der Waals surface area contributed by atoms with Crippen LogP contribution in [0.15, 0.2) is 48.5 Å². The maximum absolute atomic E-state index is 12.0. The van der Waals surface area contributed by atoms with Crippen molar-refractivity contribution in [3.05, 3.63) is 63.2 Å². The lowest BCUT2D eigenvalue weighted by molar-refractivity contribution is -0.136. The number of benzene rings is 2. The van der Waals surface area contributed by atoms with Crippen LogP contribution < -0.4 is 5.32 Å². The summed E-state index contributed by atoms with van der Waals surface area (Å²) >= 11 is 2.17. The molecule has 2 N–H and O–H groups in total. The number of hydrogen-bond acceptors (Lipinski definition) is 2. The molecule has 2 aromatic carbocycles. The van der Waals surface area contributed by atoms with Crippen molar-refractivity contribution < 1.29 is 14.7 Å². The van der Waals surface area contributed by atoms with Crippen molar-refractivity contribution in [1.29, 1.82) is 0 Å². The zero-order valence-corrected chi connectivity index (χ0v) is 12.6. The number of carbonyl (C=O) groups excluding carboxylic acids is 1. The van der Waals surface area contributed by atoms with Gasteiger partial charge in [-0.05, 0) is 64.6 Å². The predicted molar refractivity (Wildman–Crippen MR) is 84.9 cm³/mol. The molecule has 0 atom stereocenters. The highest BCUT2D eigenvalue weighted by Crippen LogP contribution is 2.14. The second-order valence-corrected chi connectivity index (χ2v) is 5.48. The summed E-state index contributed by atoms with van der Waals surface area (Å²) in [6.45, 7) is 0. The average molecular weight is 381 g/mol. The van der Waals surface area contributed by atoms with Crippen molar-refractivity contribution in [2.45, 2.75) is 6.42 Å². The molecular weight excluding hydrogens is 369 g/mol. The summed E-state index contributed by atoms with van der Waals surface area (Å²) in [5.41, 5.74) is 1.80. The number of anilines is 1. The molecule has 5 heteroatoms. The van der Waals surface area contributed by atoms with Crippen LogP contribution in [0.25, 0.3) is 0 Å². The van der Waals surface area contributed by atoms with E-state index >= 15 is 0 Å². The number of carboxylic acid groups (broad SMARTS) is 1. The first kappa shape index (κ1) is 14.5. The van der Waals surface area contributed by atoms with Crippen molar-refractivity contribution in [2.75, 3.05) is 5.32 Å². The van der Waals surface area contributed by atoms with Crippen molar-refractivity contribution in [3.8, 4) is 0 Å². The summed E-state index contributed by atoms with van der Waals surface area (Å²) in [6.07, 6.45) is -0.0623. The van der Waals surface area contributed by atoms with Gasteiger partial charge < -0.3 is 10.4 Å². The minimum absolute atomic E-state index is 0.0623. The van der Waals surface area contributed by atoms with E-state index in [0.29, 0.717) is 16.8 Å². The highest BCUT2D eigenvalue weighted by atomic mass is 127. The molecule has 1 amide bonds. The van der Waals surface area contributed by atoms with Crippen LogP contribution in [0.3, 0.4) is 0 Å². The Morgan fingerprint density at radius 3 is 2.45 bits per heavy atom. The lowest BCUT2D eigenvalue weighted by atomic mass is 10.1. The lowest BCUT2D eigenvalue weighted by Crippen LogP contribution is -2.12. The van der Waals surface area contributed by atoms with Crippen molar-refractivity contribution in [3.63, 3.8) is 0 Å². The number of hydrogen-bond donors (Lipinski definition) is 2. The van der Waals surface area contributed by atoms with E-state index in [1.54, 1.807) is 36.4 Å². The molecule has 0 spiro atoms. The molecule has 0 saturated carbocycles. The third-order valence-electron chi connectivity index (χ3n) is 2.65. The molecule has 0 radical (unpaired) electrons. The molecule has 0 saturated heterocycles. The van der Waals surface area contributed by atoms with Crippen LogP contribution >= 0.6 is 22.6 Å². The van der Waals surface area contributed by atoms with E-state index in [1.807, 2.05) is 12.1 Å². The average Bonchev–Trinajstić information content (AvgIpc) is 2.39. The minimum atomic E-state index is -0.897. The number of rotatable bonds is 4. The van der Waals surface area contributed by atoms with Gasteiger partial charge in [-0.2, -0.15) is 0 Å². The molecule has 0 aliphatic carbocycles. The SMILES string of the molecule is O=C(O)Cc1cccc(NC(=O)c2ccc(I)cc2)c1. The second-order valence-electron chi connectivity index (χ2n) is 4.23. The zero-order valence-electron chi connectivity index (χ0n) is 10.5. The van der Waals surface area contributed by atoms with E-state index in [1.165, 1.54) is 0 Å². The van der Waals surface area contributed by atoms with Crippen LogP contribution in [0.5, 0.6) is 0 Å². The summed E-state index contributed by atoms with van der Waals surface area (Å²) in [5.74, 6) is -1.11. The van der Waals surface area contributed by atoms with Gasteiger partial charge in [0.05, 0.1) is 6.42 Å². The summed E-state index contributed by atoms with van der Waals surface area (Å²) in [4.78, 5) is 22.7. The number of carboxylic acids is 1. The van der Waals surface area contributed by atoms with Crippen LogP contribution in [0.4, 0.5) is 5.69 Å². The highest BCUT2D eigenvalue weighted by Gasteiger charge is 2.07. The van der Waals surface area contributed by atoms with Crippen molar-refractivity contribution in [1.82, 2.24) is 0 Å². The van der Waals surface area contributed by atoms with Gasteiger partial charge >= 0.3 is 5.97 Å². The second kappa shape index (κ2) is 6.51. The molecule has 0 unspecified atom stereocenters. The van der Waals surface area contributed by atoms with Gasteiger partial charge in [-0.25, -0.2) is 0 Å². The van der Waals surface area contributed by atoms with Crippen LogP contribution in [0.1, 0.15) is 15.9 Å². The number of amides is 1. The highest BCUT2D eigenvalue weighted by molar-refractivity contribution is 14.1. The van der Waals surface area contributed by atoms with Gasteiger partial charge in [-0.3, -0.25) is 9.59 Å². The largest absolute Gasteiger partial charge is 0.481 e. The third-order valence-corrected chi connectivity index (χ3v) is 3.37. The summed E-state index contributed by atoms with van der Waals surface area (Å²) in [7, 11) is 0. The van der Waals surface area contributed by atoms with Gasteiger partial charge in [-0.1, -0.05) is 12.1 Å². The molecular formula is C15H12INO3. The van der Waals surface area contributed by atoms with Crippen LogP contribution in [-0.4, -0.2) is 17.0 Å². The minimum Gasteiger partial charge on any atom is -0.481 e. The fourth-order valence-corrected chi connectivity index (χ4v) is 2.10. The number of carbonyl (C=O) groups is 2. The molecule has 0 fully saturated rings. The monoisotopic (exact) mass is 381 g/mol. The van der Waals surface area contributed by atoms with Crippen LogP contribution in [0.2, 0.25) is 0 Å². The Balaban J connectivity index is 2.11. The Kier molecular flexibility index (Phi) is 4.73. The maximum Gasteiger partial charge on any atom is 0.307 e. The third kappa shape index (κ3) is 4.06. The summed E-state index contributed by atoms with van der Waals surface area (Å²) < 4.78 is 1.06. The van der Waals surface area contributed by atoms with Gasteiger partial charge in [0.2, 0.25) is 0 Å². The first-order valence-corrected chi connectivity index (χ1v) is 7.00. The fourth-order valence-electron chi connectivity index (χ4n) is 1.74. The standard InChI is InChI=1S/C15H12INO3/c16-12-6-4-11(5-7-12)15(20)17-13-3-1-2-10(8-13)9-14(18)19/h1-8H,9H2,(H,17,20)(H,18,19). The van der Waals surface area contributed by atoms with Gasteiger partial charge in [0.15, 0.2) is 0 Å². The number of aliphatic carboxylic acids is 1. The molecule has 2 aromatic rings. The van der Waals surface area contributed by atoms with E-state index in [9.17, 15) is 9.59 Å². The van der Waals surface area contributed by atoms with Crippen molar-refractivity contribution >= 4 is 40.2 Å². The summed E-state index contributed by atoms with van der Waals surface area (Å²) in [5, 5.41) is 11.5. The fraction of sp³-hybridized carbons (Fsp3) is 0.0667. The van der Waals surface area contributed by atoms with E-state index in [-0.39, 0.29) is 12.3 Å². The van der Waals surface area contributed by atoms with E-state index < -0.39 is 5.97 Å². The smallest absolute Gasteiger partial charge is 0.307 e. The molecule has 0 aromatic heterocycles. The molecule has 102 valence electrons. The molecule has 0 bridgehead atoms. The molecule has 0 aliphatic heterocycles. The Bertz CT molecular complexity index is 638. The van der Waals surface area contributed by atoms with Crippen molar-refractivity contribution in [2.24, 2.45) is 0 Å². The van der Waals surface area contributed by atoms with Gasteiger partial charge in [0.1, 0.15) is 0 Å². The van der Waals surface area contributed by atoms with E-state index in [2.05, 4.69) is 27.9 Å². The molecule has 4 nitrogen and oxygen atoms in total.